The standard InChI is InChI=1S/C7H10O3/c1-6(7(9)10)4-2-3-5-8/h4-5H,2-3H2,1H3,(H,9,10)/b6-4+. The molecule has 0 heterocycles. The Labute approximate surface area is 59.4 Å². The van der Waals surface area contributed by atoms with E-state index in [1.807, 2.05) is 0 Å². The number of unbranched alkanes of at least 4 members (excludes halogenated alkanes) is 1. The number of carbonyl (C=O) groups is 2. The summed E-state index contributed by atoms with van der Waals surface area (Å²) in [4.78, 5) is 19.9. The van der Waals surface area contributed by atoms with Crippen molar-refractivity contribution in [2.24, 2.45) is 0 Å². The lowest BCUT2D eigenvalue weighted by atomic mass is 10.2. The second kappa shape index (κ2) is 4.73. The van der Waals surface area contributed by atoms with Crippen molar-refractivity contribution in [2.75, 3.05) is 0 Å². The van der Waals surface area contributed by atoms with E-state index in [4.69, 9.17) is 5.11 Å². The van der Waals surface area contributed by atoms with Crippen LogP contribution >= 0.6 is 0 Å². The van der Waals surface area contributed by atoms with Crippen molar-refractivity contribution in [2.45, 2.75) is 19.8 Å². The molecule has 0 saturated carbocycles. The molecule has 0 rings (SSSR count). The molecule has 0 unspecified atom stereocenters. The molecule has 0 amide bonds. The maximum atomic E-state index is 10.1. The third kappa shape index (κ3) is 3.83. The van der Waals surface area contributed by atoms with Crippen LogP contribution in [0.5, 0.6) is 0 Å². The Bertz CT molecular complexity index is 158. The lowest BCUT2D eigenvalue weighted by molar-refractivity contribution is -0.132. The number of carboxylic acid groups (broad SMARTS) is 1. The summed E-state index contributed by atoms with van der Waals surface area (Å²) < 4.78 is 0. The highest BCUT2D eigenvalue weighted by molar-refractivity contribution is 5.85. The molecule has 1 N–H and O–H groups in total. The van der Waals surface area contributed by atoms with Crippen molar-refractivity contribution in [3.8, 4) is 0 Å². The maximum Gasteiger partial charge on any atom is 0.330 e. The molecule has 0 aromatic carbocycles. The molecular weight excluding hydrogens is 132 g/mol. The molecule has 0 aliphatic rings. The fourth-order valence-corrected chi connectivity index (χ4v) is 0.455. The first kappa shape index (κ1) is 8.88. The van der Waals surface area contributed by atoms with Crippen LogP contribution in [0.1, 0.15) is 19.8 Å². The van der Waals surface area contributed by atoms with Crippen LogP contribution in [0, 0.1) is 0 Å². The first-order valence-corrected chi connectivity index (χ1v) is 3.02. The number of carbonyl (C=O) groups excluding carboxylic acids is 1. The summed E-state index contributed by atoms with van der Waals surface area (Å²) >= 11 is 0. The predicted octanol–water partition coefficient (Wildman–Crippen LogP) is 0.996. The third-order valence-corrected chi connectivity index (χ3v) is 1.07. The SMILES string of the molecule is C/C(=C\CCC=O)C(=O)O. The van der Waals surface area contributed by atoms with Crippen molar-refractivity contribution in [3.63, 3.8) is 0 Å². The summed E-state index contributed by atoms with van der Waals surface area (Å²) in [5.41, 5.74) is 0.293. The zero-order valence-electron chi connectivity index (χ0n) is 5.83. The minimum absolute atomic E-state index is 0.293. The number of aldehydes is 1. The fraction of sp³-hybridized carbons (Fsp3) is 0.429. The highest BCUT2D eigenvalue weighted by Gasteiger charge is 1.96. The van der Waals surface area contributed by atoms with Crippen LogP contribution in [0.25, 0.3) is 0 Å². The van der Waals surface area contributed by atoms with Gasteiger partial charge in [0.05, 0.1) is 0 Å². The zero-order chi connectivity index (χ0) is 7.98. The molecule has 3 nitrogen and oxygen atoms in total. The van der Waals surface area contributed by atoms with Gasteiger partial charge in [0.25, 0.3) is 0 Å². The molecule has 0 saturated heterocycles. The van der Waals surface area contributed by atoms with E-state index >= 15 is 0 Å². The van der Waals surface area contributed by atoms with E-state index in [1.54, 1.807) is 0 Å². The minimum Gasteiger partial charge on any atom is -0.478 e. The molecule has 0 aromatic rings. The summed E-state index contributed by atoms with van der Waals surface area (Å²) in [6.07, 6.45) is 3.22. The largest absolute Gasteiger partial charge is 0.478 e. The van der Waals surface area contributed by atoms with Crippen LogP contribution in [0.4, 0.5) is 0 Å². The van der Waals surface area contributed by atoms with Gasteiger partial charge in [0.1, 0.15) is 6.29 Å². The van der Waals surface area contributed by atoms with Crippen LogP contribution < -0.4 is 0 Å². The molecule has 56 valence electrons. The number of allylic oxidation sites excluding steroid dienone is 1. The van der Waals surface area contributed by atoms with Gasteiger partial charge >= 0.3 is 5.97 Å². The van der Waals surface area contributed by atoms with Crippen molar-refractivity contribution >= 4 is 12.3 Å². The Morgan fingerprint density at radius 2 is 2.10 bits per heavy atom. The normalized spacial score (nSPS) is 11.1. The van der Waals surface area contributed by atoms with Crippen molar-refractivity contribution < 1.29 is 14.7 Å². The molecule has 0 bridgehead atoms. The second-order valence-electron chi connectivity index (χ2n) is 1.94. The summed E-state index contributed by atoms with van der Waals surface area (Å²) in [6, 6.07) is 0. The summed E-state index contributed by atoms with van der Waals surface area (Å²) in [5.74, 6) is -0.925. The smallest absolute Gasteiger partial charge is 0.330 e. The third-order valence-electron chi connectivity index (χ3n) is 1.07. The lowest BCUT2D eigenvalue weighted by Gasteiger charge is -1.89. The molecule has 3 heteroatoms. The van der Waals surface area contributed by atoms with Crippen molar-refractivity contribution in [3.05, 3.63) is 11.6 Å². The quantitative estimate of drug-likeness (QED) is 0.362. The van der Waals surface area contributed by atoms with Gasteiger partial charge in [0.2, 0.25) is 0 Å². The van der Waals surface area contributed by atoms with Gasteiger partial charge in [-0.1, -0.05) is 6.08 Å². The van der Waals surface area contributed by atoms with Crippen LogP contribution in [-0.4, -0.2) is 17.4 Å². The van der Waals surface area contributed by atoms with E-state index in [9.17, 15) is 9.59 Å². The maximum absolute atomic E-state index is 10.1. The van der Waals surface area contributed by atoms with Crippen molar-refractivity contribution in [1.29, 1.82) is 0 Å². The zero-order valence-corrected chi connectivity index (χ0v) is 5.83. The van der Waals surface area contributed by atoms with E-state index in [2.05, 4.69) is 0 Å². The second-order valence-corrected chi connectivity index (χ2v) is 1.94. The molecule has 0 fully saturated rings. The summed E-state index contributed by atoms with van der Waals surface area (Å²) in [7, 11) is 0. The monoisotopic (exact) mass is 142 g/mol. The molecule has 0 aliphatic carbocycles. The first-order chi connectivity index (χ1) is 4.68. The van der Waals surface area contributed by atoms with Gasteiger partial charge in [-0.25, -0.2) is 4.79 Å². The summed E-state index contributed by atoms with van der Waals surface area (Å²) in [6.45, 7) is 1.51. The van der Waals surface area contributed by atoms with Gasteiger partial charge < -0.3 is 9.90 Å². The molecule has 0 aromatic heterocycles. The average molecular weight is 142 g/mol. The first-order valence-electron chi connectivity index (χ1n) is 3.02. The minimum atomic E-state index is -0.925. The Hall–Kier alpha value is -1.12. The number of rotatable bonds is 4. The molecule has 0 radical (unpaired) electrons. The Balaban J connectivity index is 3.68. The number of hydrogen-bond donors (Lipinski definition) is 1. The van der Waals surface area contributed by atoms with E-state index in [0.29, 0.717) is 18.4 Å². The van der Waals surface area contributed by atoms with Gasteiger partial charge in [-0.15, -0.1) is 0 Å². The van der Waals surface area contributed by atoms with E-state index in [-0.39, 0.29) is 0 Å². The number of carboxylic acids is 1. The van der Waals surface area contributed by atoms with Crippen LogP contribution in [0.3, 0.4) is 0 Å². The molecule has 10 heavy (non-hydrogen) atoms. The van der Waals surface area contributed by atoms with E-state index in [0.717, 1.165) is 6.29 Å². The molecule has 0 aliphatic heterocycles. The van der Waals surface area contributed by atoms with Gasteiger partial charge in [-0.05, 0) is 13.3 Å². The fourth-order valence-electron chi connectivity index (χ4n) is 0.455. The summed E-state index contributed by atoms with van der Waals surface area (Å²) in [5, 5.41) is 8.32. The van der Waals surface area contributed by atoms with E-state index < -0.39 is 5.97 Å². The Morgan fingerprint density at radius 1 is 1.50 bits per heavy atom. The molecule has 0 atom stereocenters. The molecule has 0 spiro atoms. The highest BCUT2D eigenvalue weighted by atomic mass is 16.4. The number of hydrogen-bond acceptors (Lipinski definition) is 2. The van der Waals surface area contributed by atoms with Crippen LogP contribution in [-0.2, 0) is 9.59 Å². The lowest BCUT2D eigenvalue weighted by Crippen LogP contribution is -1.95. The van der Waals surface area contributed by atoms with E-state index in [1.165, 1.54) is 13.0 Å². The van der Waals surface area contributed by atoms with Gasteiger partial charge in [0.15, 0.2) is 0 Å². The van der Waals surface area contributed by atoms with Crippen LogP contribution in [0.2, 0.25) is 0 Å². The Morgan fingerprint density at radius 3 is 2.50 bits per heavy atom. The highest BCUT2D eigenvalue weighted by Crippen LogP contribution is 1.96. The average Bonchev–Trinajstić information content (AvgIpc) is 1.88. The Kier molecular flexibility index (Phi) is 4.20. The predicted molar refractivity (Wildman–Crippen MR) is 36.7 cm³/mol. The van der Waals surface area contributed by atoms with Gasteiger partial charge in [0, 0.05) is 12.0 Å². The number of aliphatic carboxylic acids is 1. The topological polar surface area (TPSA) is 54.4 Å². The van der Waals surface area contributed by atoms with Gasteiger partial charge in [-0.2, -0.15) is 0 Å². The van der Waals surface area contributed by atoms with Gasteiger partial charge in [-0.3, -0.25) is 0 Å². The van der Waals surface area contributed by atoms with Crippen LogP contribution in [0.15, 0.2) is 11.6 Å². The molecular formula is C7H10O3. The van der Waals surface area contributed by atoms with Crippen molar-refractivity contribution in [1.82, 2.24) is 0 Å².